The van der Waals surface area contributed by atoms with Crippen LogP contribution in [0.3, 0.4) is 0 Å². The minimum Gasteiger partial charge on any atom is -0.355 e. The number of fused-ring (bicyclic) bond motifs is 6. The Morgan fingerprint density at radius 3 is 1.56 bits per heavy atom. The number of hydrogen-bond acceptors (Lipinski definition) is 1. The molecule has 0 aliphatic carbocycles. The van der Waals surface area contributed by atoms with Crippen molar-refractivity contribution in [3.8, 4) is 50.2 Å². The summed E-state index contributed by atoms with van der Waals surface area (Å²) in [7, 11) is 0. The first-order chi connectivity index (χ1) is 31.6. The monoisotopic (exact) mass is 819 g/mol. The lowest BCUT2D eigenvalue weighted by Gasteiger charge is -2.15. The van der Waals surface area contributed by atoms with Gasteiger partial charge in [0.05, 0.1) is 22.1 Å². The van der Waals surface area contributed by atoms with Crippen molar-refractivity contribution in [1.29, 1.82) is 0 Å². The molecular weight excluding hydrogens is 775 g/mol. The molecule has 11 rings (SSSR count). The largest absolute Gasteiger partial charge is 0.355 e. The molecule has 0 saturated carbocycles. The zero-order valence-corrected chi connectivity index (χ0v) is 35.6. The van der Waals surface area contributed by atoms with Crippen LogP contribution in [0.4, 0.5) is 11.4 Å². The maximum atomic E-state index is 3.85. The van der Waals surface area contributed by atoms with E-state index in [0.717, 1.165) is 28.3 Å². The van der Waals surface area contributed by atoms with Crippen LogP contribution >= 0.6 is 0 Å². The summed E-state index contributed by atoms with van der Waals surface area (Å²) in [6, 6.07) is 76.9. The van der Waals surface area contributed by atoms with Gasteiger partial charge in [0.1, 0.15) is 0 Å². The molecule has 0 saturated heterocycles. The van der Waals surface area contributed by atoms with E-state index in [0.29, 0.717) is 0 Å². The predicted octanol–water partition coefficient (Wildman–Crippen LogP) is 16.9. The van der Waals surface area contributed by atoms with Gasteiger partial charge >= 0.3 is 0 Å². The van der Waals surface area contributed by atoms with E-state index in [9.17, 15) is 0 Å². The molecule has 64 heavy (non-hydrogen) atoms. The number of benzene rings is 9. The van der Waals surface area contributed by atoms with E-state index in [1.54, 1.807) is 0 Å². The summed E-state index contributed by atoms with van der Waals surface area (Å²) in [5, 5.41) is 8.58. The van der Waals surface area contributed by atoms with Gasteiger partial charge in [0.15, 0.2) is 0 Å². The molecule has 3 heteroatoms. The van der Waals surface area contributed by atoms with Gasteiger partial charge in [-0.3, -0.25) is 0 Å². The van der Waals surface area contributed by atoms with Crippen LogP contribution in [0.5, 0.6) is 0 Å². The van der Waals surface area contributed by atoms with Crippen LogP contribution < -0.4 is 5.32 Å². The maximum Gasteiger partial charge on any atom is 0.0541 e. The fourth-order valence-corrected chi connectivity index (χ4v) is 9.34. The topological polar surface area (TPSA) is 21.9 Å². The van der Waals surface area contributed by atoms with E-state index in [4.69, 9.17) is 0 Å². The third-order valence-corrected chi connectivity index (χ3v) is 12.4. The van der Waals surface area contributed by atoms with Gasteiger partial charge in [-0.25, -0.2) is 0 Å². The number of rotatable bonds is 10. The first kappa shape index (κ1) is 38.5. The van der Waals surface area contributed by atoms with E-state index in [1.165, 1.54) is 82.6 Å². The van der Waals surface area contributed by atoms with Crippen LogP contribution in [0, 0.1) is 0 Å². The Kier molecular flexibility index (Phi) is 9.91. The second-order valence-electron chi connectivity index (χ2n) is 16.3. The van der Waals surface area contributed by atoms with E-state index in [1.807, 2.05) is 18.2 Å². The molecule has 0 spiro atoms. The van der Waals surface area contributed by atoms with Crippen LogP contribution in [0.2, 0.25) is 0 Å². The van der Waals surface area contributed by atoms with Crippen LogP contribution in [0.25, 0.3) is 99.5 Å². The molecule has 0 aliphatic rings. The lowest BCUT2D eigenvalue weighted by Crippen LogP contribution is -1.95. The second kappa shape index (κ2) is 16.5. The molecule has 9 aromatic carbocycles. The van der Waals surface area contributed by atoms with E-state index in [-0.39, 0.29) is 0 Å². The highest BCUT2D eigenvalue weighted by Gasteiger charge is 2.17. The highest BCUT2D eigenvalue weighted by Crippen LogP contribution is 2.40. The molecule has 11 aromatic rings. The fourth-order valence-electron chi connectivity index (χ4n) is 9.34. The first-order valence-electron chi connectivity index (χ1n) is 21.9. The third-order valence-electron chi connectivity index (χ3n) is 12.4. The van der Waals surface area contributed by atoms with Crippen molar-refractivity contribution in [2.24, 2.45) is 0 Å². The SMILES string of the molecule is C=C/C=C\C=C(/C)n1c2ccc(-c3ccccc3)cc2c2cc(-c3ccc(-n4c5ccccc5c5cc(-c6ccc(Nc7ccccc7)c(-c7ccccc7)c6)ccc54)cc3)ccc21. The summed E-state index contributed by atoms with van der Waals surface area (Å²) in [5.74, 6) is 0. The molecule has 3 nitrogen and oxygen atoms in total. The van der Waals surface area contributed by atoms with E-state index >= 15 is 0 Å². The van der Waals surface area contributed by atoms with Gasteiger partial charge in [-0.1, -0.05) is 158 Å². The Bertz CT molecular complexity index is 3570. The number of hydrogen-bond donors (Lipinski definition) is 1. The van der Waals surface area contributed by atoms with Crippen molar-refractivity contribution in [2.75, 3.05) is 5.32 Å². The zero-order valence-electron chi connectivity index (χ0n) is 35.6. The lowest BCUT2D eigenvalue weighted by molar-refractivity contribution is 1.18. The minimum atomic E-state index is 1.06. The van der Waals surface area contributed by atoms with Gasteiger partial charge in [-0.2, -0.15) is 0 Å². The van der Waals surface area contributed by atoms with Crippen molar-refractivity contribution < 1.29 is 0 Å². The molecule has 0 radical (unpaired) electrons. The summed E-state index contributed by atoms with van der Waals surface area (Å²) >= 11 is 0. The maximum absolute atomic E-state index is 3.85. The van der Waals surface area contributed by atoms with Gasteiger partial charge in [0.25, 0.3) is 0 Å². The molecule has 0 fully saturated rings. The summed E-state index contributed by atoms with van der Waals surface area (Å²) in [4.78, 5) is 0. The third kappa shape index (κ3) is 7.00. The number of nitrogens with one attached hydrogen (secondary N) is 1. The Morgan fingerprint density at radius 1 is 0.422 bits per heavy atom. The molecule has 0 amide bonds. The summed E-state index contributed by atoms with van der Waals surface area (Å²) in [5.41, 5.74) is 18.6. The highest BCUT2D eigenvalue weighted by molar-refractivity contribution is 6.13. The van der Waals surface area contributed by atoms with Crippen LogP contribution in [0.15, 0.2) is 243 Å². The molecule has 2 aromatic heterocycles. The van der Waals surface area contributed by atoms with Gasteiger partial charge in [-0.05, 0) is 131 Å². The van der Waals surface area contributed by atoms with Crippen molar-refractivity contribution in [1.82, 2.24) is 9.13 Å². The standard InChI is InChI=1S/C61H45N3/c1-3-4-8-17-42(2)63-59-35-29-46(43-18-9-5-10-19-43)39-55(59)56-40-47(30-36-60(56)63)44-26-32-51(33-27-44)64-58-25-16-15-24-52(58)54-41-49(31-37-61(54)64)48-28-34-57(62-50-22-13-7-14-23-50)53(38-48)45-20-11-6-12-21-45/h3-41,62H,1H2,2H3/b8-4-,42-17+. The molecule has 0 aliphatic heterocycles. The molecule has 0 bridgehead atoms. The number of nitrogens with zero attached hydrogens (tertiary/aromatic N) is 2. The van der Waals surface area contributed by atoms with Gasteiger partial charge in [0.2, 0.25) is 0 Å². The molecule has 304 valence electrons. The normalized spacial score (nSPS) is 11.9. The number of allylic oxidation sites excluding steroid dienone is 5. The average molecular weight is 820 g/mol. The molecule has 0 atom stereocenters. The molecule has 0 unspecified atom stereocenters. The predicted molar refractivity (Wildman–Crippen MR) is 275 cm³/mol. The summed E-state index contributed by atoms with van der Waals surface area (Å²) < 4.78 is 4.77. The average Bonchev–Trinajstić information content (AvgIpc) is 3.87. The van der Waals surface area contributed by atoms with Gasteiger partial charge in [0, 0.05) is 49.9 Å². The number of aromatic nitrogens is 2. The molecular formula is C61H45N3. The van der Waals surface area contributed by atoms with Crippen LogP contribution in [0.1, 0.15) is 6.92 Å². The van der Waals surface area contributed by atoms with Crippen molar-refractivity contribution in [2.45, 2.75) is 6.92 Å². The Morgan fingerprint density at radius 2 is 0.906 bits per heavy atom. The molecule has 2 heterocycles. The Hall–Kier alpha value is -8.40. The molecule has 1 N–H and O–H groups in total. The minimum absolute atomic E-state index is 1.06. The number of para-hydroxylation sites is 2. The quantitative estimate of drug-likeness (QED) is 0.136. The highest BCUT2D eigenvalue weighted by atomic mass is 15.0. The lowest BCUT2D eigenvalue weighted by atomic mass is 9.96. The summed E-state index contributed by atoms with van der Waals surface area (Å²) in [6.45, 7) is 6.02. The van der Waals surface area contributed by atoms with Crippen LogP contribution in [-0.4, -0.2) is 9.13 Å². The van der Waals surface area contributed by atoms with E-state index < -0.39 is 0 Å². The van der Waals surface area contributed by atoms with Gasteiger partial charge < -0.3 is 14.5 Å². The van der Waals surface area contributed by atoms with Crippen molar-refractivity contribution in [3.63, 3.8) is 0 Å². The smallest absolute Gasteiger partial charge is 0.0541 e. The van der Waals surface area contributed by atoms with E-state index in [2.05, 4.69) is 246 Å². The van der Waals surface area contributed by atoms with Crippen molar-refractivity contribution in [3.05, 3.63) is 243 Å². The summed E-state index contributed by atoms with van der Waals surface area (Å²) in [6.07, 6.45) is 7.98. The Labute approximate surface area is 373 Å². The zero-order chi connectivity index (χ0) is 43.0. The van der Waals surface area contributed by atoms with Crippen molar-refractivity contribution >= 4 is 60.7 Å². The van der Waals surface area contributed by atoms with Crippen LogP contribution in [-0.2, 0) is 0 Å². The first-order valence-corrected chi connectivity index (χ1v) is 21.9. The van der Waals surface area contributed by atoms with Gasteiger partial charge in [-0.15, -0.1) is 0 Å². The Balaban J connectivity index is 0.979. The number of anilines is 2. The fraction of sp³-hybridized carbons (Fsp3) is 0.0164. The second-order valence-corrected chi connectivity index (χ2v) is 16.3.